The van der Waals surface area contributed by atoms with E-state index in [4.69, 9.17) is 5.11 Å². The highest BCUT2D eigenvalue weighted by molar-refractivity contribution is 5.86. The lowest BCUT2D eigenvalue weighted by molar-refractivity contribution is -0.130. The zero-order valence-electron chi connectivity index (χ0n) is 11.2. The largest absolute Gasteiger partial charge is 0.477 e. The molecule has 0 aliphatic carbocycles. The molecule has 0 saturated heterocycles. The molecule has 1 aromatic heterocycles. The Hall–Kier alpha value is -2.11. The van der Waals surface area contributed by atoms with E-state index in [1.807, 2.05) is 13.8 Å². The van der Waals surface area contributed by atoms with Gasteiger partial charge in [0.25, 0.3) is 0 Å². The maximum absolute atomic E-state index is 11.8. The van der Waals surface area contributed by atoms with Crippen LogP contribution < -0.4 is 5.32 Å². The standard InChI is InChI=1S/C13H19N3O3/c1-3-16(4-2)12(17)6-8-14-10-5-7-15-11(9-10)13(18)19/h5,7,9H,3-4,6,8H2,1-2H3,(H,14,15)(H,18,19). The van der Waals surface area contributed by atoms with Crippen molar-refractivity contribution in [3.8, 4) is 0 Å². The van der Waals surface area contributed by atoms with Crippen LogP contribution >= 0.6 is 0 Å². The van der Waals surface area contributed by atoms with Gasteiger partial charge in [0.15, 0.2) is 0 Å². The molecule has 2 N–H and O–H groups in total. The number of carbonyl (C=O) groups is 2. The highest BCUT2D eigenvalue weighted by Gasteiger charge is 2.09. The molecular formula is C13H19N3O3. The number of hydrogen-bond donors (Lipinski definition) is 2. The summed E-state index contributed by atoms with van der Waals surface area (Å²) in [7, 11) is 0. The second-order valence-electron chi connectivity index (χ2n) is 3.98. The Labute approximate surface area is 112 Å². The maximum atomic E-state index is 11.8. The fourth-order valence-corrected chi connectivity index (χ4v) is 1.71. The van der Waals surface area contributed by atoms with Gasteiger partial charge >= 0.3 is 5.97 Å². The number of carboxylic acids is 1. The van der Waals surface area contributed by atoms with Crippen LogP contribution in [0.25, 0.3) is 0 Å². The number of pyridine rings is 1. The third kappa shape index (κ3) is 4.57. The van der Waals surface area contributed by atoms with Crippen LogP contribution in [-0.4, -0.2) is 46.5 Å². The first-order chi connectivity index (χ1) is 9.08. The minimum atomic E-state index is -1.07. The van der Waals surface area contributed by atoms with E-state index in [1.54, 1.807) is 11.0 Å². The lowest BCUT2D eigenvalue weighted by Gasteiger charge is -2.18. The van der Waals surface area contributed by atoms with E-state index >= 15 is 0 Å². The van der Waals surface area contributed by atoms with Crippen molar-refractivity contribution in [3.05, 3.63) is 24.0 Å². The van der Waals surface area contributed by atoms with E-state index in [-0.39, 0.29) is 11.6 Å². The summed E-state index contributed by atoms with van der Waals surface area (Å²) in [5.41, 5.74) is 0.639. The van der Waals surface area contributed by atoms with E-state index in [2.05, 4.69) is 10.3 Å². The van der Waals surface area contributed by atoms with Crippen molar-refractivity contribution in [2.75, 3.05) is 25.0 Å². The molecule has 6 nitrogen and oxygen atoms in total. The summed E-state index contributed by atoms with van der Waals surface area (Å²) in [4.78, 5) is 28.0. The minimum absolute atomic E-state index is 0.0138. The normalized spacial score (nSPS) is 10.0. The number of carboxylic acid groups (broad SMARTS) is 1. The Morgan fingerprint density at radius 1 is 1.37 bits per heavy atom. The molecule has 6 heteroatoms. The van der Waals surface area contributed by atoms with Gasteiger partial charge < -0.3 is 15.3 Å². The summed E-state index contributed by atoms with van der Waals surface area (Å²) in [6, 6.07) is 3.12. The van der Waals surface area contributed by atoms with Gasteiger partial charge in [-0.1, -0.05) is 0 Å². The summed E-state index contributed by atoms with van der Waals surface area (Å²) in [6.07, 6.45) is 1.81. The fraction of sp³-hybridized carbons (Fsp3) is 0.462. The molecule has 1 rings (SSSR count). The molecule has 19 heavy (non-hydrogen) atoms. The Morgan fingerprint density at radius 3 is 2.63 bits per heavy atom. The van der Waals surface area contributed by atoms with Crippen LogP contribution in [0, 0.1) is 0 Å². The number of aromatic carboxylic acids is 1. The van der Waals surface area contributed by atoms with E-state index in [0.29, 0.717) is 31.7 Å². The zero-order valence-corrected chi connectivity index (χ0v) is 11.2. The monoisotopic (exact) mass is 265 g/mol. The van der Waals surface area contributed by atoms with Gasteiger partial charge in [-0.15, -0.1) is 0 Å². The minimum Gasteiger partial charge on any atom is -0.477 e. The number of anilines is 1. The summed E-state index contributed by atoms with van der Waals surface area (Å²) in [5, 5.41) is 11.8. The van der Waals surface area contributed by atoms with Crippen molar-refractivity contribution in [2.45, 2.75) is 20.3 Å². The lowest BCUT2D eigenvalue weighted by atomic mass is 10.3. The molecule has 0 saturated carbocycles. The Kier molecular flexibility index (Phi) is 5.78. The van der Waals surface area contributed by atoms with E-state index < -0.39 is 5.97 Å². The number of amides is 1. The number of nitrogens with one attached hydrogen (secondary N) is 1. The van der Waals surface area contributed by atoms with Crippen molar-refractivity contribution in [1.29, 1.82) is 0 Å². The molecule has 0 atom stereocenters. The fourth-order valence-electron chi connectivity index (χ4n) is 1.71. The highest BCUT2D eigenvalue weighted by Crippen LogP contribution is 2.08. The Balaban J connectivity index is 2.47. The van der Waals surface area contributed by atoms with Crippen LogP contribution in [0.5, 0.6) is 0 Å². The van der Waals surface area contributed by atoms with Gasteiger partial charge in [0.05, 0.1) is 0 Å². The first-order valence-electron chi connectivity index (χ1n) is 6.29. The summed E-state index contributed by atoms with van der Waals surface area (Å²) in [6.45, 7) is 5.76. The first kappa shape index (κ1) is 14.9. The van der Waals surface area contributed by atoms with Gasteiger partial charge in [0.2, 0.25) is 5.91 Å². The molecule has 0 aliphatic rings. The number of aromatic nitrogens is 1. The molecule has 0 radical (unpaired) electrons. The number of nitrogens with zero attached hydrogens (tertiary/aromatic N) is 2. The molecule has 0 fully saturated rings. The number of hydrogen-bond acceptors (Lipinski definition) is 4. The van der Waals surface area contributed by atoms with Crippen LogP contribution in [0.4, 0.5) is 5.69 Å². The first-order valence-corrected chi connectivity index (χ1v) is 6.29. The topological polar surface area (TPSA) is 82.5 Å². The van der Waals surface area contributed by atoms with Crippen LogP contribution in [0.2, 0.25) is 0 Å². The summed E-state index contributed by atoms with van der Waals surface area (Å²) >= 11 is 0. The van der Waals surface area contributed by atoms with Gasteiger partial charge in [-0.2, -0.15) is 0 Å². The van der Waals surface area contributed by atoms with Gasteiger partial charge in [0, 0.05) is 37.9 Å². The molecule has 1 aromatic rings. The van der Waals surface area contributed by atoms with Crippen LogP contribution in [0.1, 0.15) is 30.8 Å². The zero-order chi connectivity index (χ0) is 14.3. The Bertz CT molecular complexity index is 445. The second-order valence-corrected chi connectivity index (χ2v) is 3.98. The van der Waals surface area contributed by atoms with E-state index in [0.717, 1.165) is 0 Å². The number of rotatable bonds is 7. The summed E-state index contributed by atoms with van der Waals surface area (Å²) < 4.78 is 0. The van der Waals surface area contributed by atoms with Gasteiger partial charge in [-0.25, -0.2) is 9.78 Å². The van der Waals surface area contributed by atoms with E-state index in [1.165, 1.54) is 12.3 Å². The van der Waals surface area contributed by atoms with Crippen molar-refractivity contribution >= 4 is 17.6 Å². The molecule has 1 heterocycles. The molecule has 0 spiro atoms. The number of carbonyl (C=O) groups excluding carboxylic acids is 1. The highest BCUT2D eigenvalue weighted by atomic mass is 16.4. The molecule has 104 valence electrons. The summed E-state index contributed by atoms with van der Waals surface area (Å²) in [5.74, 6) is -0.979. The molecule has 0 aliphatic heterocycles. The molecular weight excluding hydrogens is 246 g/mol. The van der Waals surface area contributed by atoms with Crippen molar-refractivity contribution in [1.82, 2.24) is 9.88 Å². The molecule has 1 amide bonds. The van der Waals surface area contributed by atoms with Gasteiger partial charge in [0.1, 0.15) is 5.69 Å². The molecule has 0 aromatic carbocycles. The van der Waals surface area contributed by atoms with Crippen LogP contribution in [0.15, 0.2) is 18.3 Å². The third-order valence-electron chi connectivity index (χ3n) is 2.76. The Morgan fingerprint density at radius 2 is 2.05 bits per heavy atom. The predicted octanol–water partition coefficient (Wildman–Crippen LogP) is 1.45. The van der Waals surface area contributed by atoms with Crippen LogP contribution in [-0.2, 0) is 4.79 Å². The molecule has 0 unspecified atom stereocenters. The lowest BCUT2D eigenvalue weighted by Crippen LogP contribution is -2.31. The smallest absolute Gasteiger partial charge is 0.354 e. The average molecular weight is 265 g/mol. The molecule has 0 bridgehead atoms. The van der Waals surface area contributed by atoms with Crippen LogP contribution in [0.3, 0.4) is 0 Å². The van der Waals surface area contributed by atoms with Gasteiger partial charge in [-0.05, 0) is 26.0 Å². The average Bonchev–Trinajstić information content (AvgIpc) is 2.40. The third-order valence-corrected chi connectivity index (χ3v) is 2.76. The van der Waals surface area contributed by atoms with Crippen molar-refractivity contribution in [2.24, 2.45) is 0 Å². The van der Waals surface area contributed by atoms with Gasteiger partial charge in [-0.3, -0.25) is 4.79 Å². The second kappa shape index (κ2) is 7.35. The maximum Gasteiger partial charge on any atom is 0.354 e. The predicted molar refractivity (Wildman–Crippen MR) is 72.2 cm³/mol. The van der Waals surface area contributed by atoms with Crippen molar-refractivity contribution < 1.29 is 14.7 Å². The van der Waals surface area contributed by atoms with Crippen molar-refractivity contribution in [3.63, 3.8) is 0 Å². The van der Waals surface area contributed by atoms with E-state index in [9.17, 15) is 9.59 Å². The SMILES string of the molecule is CCN(CC)C(=O)CCNc1ccnc(C(=O)O)c1. The quantitative estimate of drug-likeness (QED) is 0.779.